The number of carbonyl (C=O) groups is 1. The highest BCUT2D eigenvalue weighted by Crippen LogP contribution is 2.40. The quantitative estimate of drug-likeness (QED) is 0.491. The maximum absolute atomic E-state index is 11.7. The Morgan fingerprint density at radius 1 is 1.42 bits per heavy atom. The van der Waals surface area contributed by atoms with E-state index >= 15 is 0 Å². The van der Waals surface area contributed by atoms with E-state index in [0.29, 0.717) is 17.9 Å². The molecule has 0 unspecified atom stereocenters. The van der Waals surface area contributed by atoms with Gasteiger partial charge < -0.3 is 4.90 Å². The molecule has 0 spiro atoms. The summed E-state index contributed by atoms with van der Waals surface area (Å²) in [4.78, 5) is 13.8. The standard InChI is InChI=1S/C10H13NO/c12-10-8-4-3-7(6-8)9-2-1-5-11(9)10/h3-4,7-9H,1-2,5-6H2/t7-,8+,9+/m1/s1. The fourth-order valence-corrected chi connectivity index (χ4v) is 2.92. The van der Waals surface area contributed by atoms with Crippen molar-refractivity contribution in [2.75, 3.05) is 6.54 Å². The fourth-order valence-electron chi connectivity index (χ4n) is 2.92. The molecule has 3 rings (SSSR count). The first-order chi connectivity index (χ1) is 5.86. The average Bonchev–Trinajstić information content (AvgIpc) is 2.69. The van der Waals surface area contributed by atoms with Gasteiger partial charge >= 0.3 is 0 Å². The molecular formula is C10H13NO. The lowest BCUT2D eigenvalue weighted by atomic mass is 9.89. The van der Waals surface area contributed by atoms with Gasteiger partial charge in [0.05, 0.1) is 5.92 Å². The Labute approximate surface area is 72.2 Å². The number of hydrogen-bond donors (Lipinski definition) is 0. The number of hydrogen-bond acceptors (Lipinski definition) is 1. The Bertz CT molecular complexity index is 259. The van der Waals surface area contributed by atoms with Gasteiger partial charge in [0.2, 0.25) is 5.91 Å². The first kappa shape index (κ1) is 6.70. The molecule has 2 nitrogen and oxygen atoms in total. The molecule has 0 radical (unpaired) electrons. The van der Waals surface area contributed by atoms with Crippen molar-refractivity contribution in [3.8, 4) is 0 Å². The second kappa shape index (κ2) is 2.12. The Hall–Kier alpha value is -0.790. The summed E-state index contributed by atoms with van der Waals surface area (Å²) in [5.74, 6) is 1.32. The molecule has 0 aromatic heterocycles. The largest absolute Gasteiger partial charge is 0.339 e. The monoisotopic (exact) mass is 163 g/mol. The maximum Gasteiger partial charge on any atom is 0.229 e. The van der Waals surface area contributed by atoms with Gasteiger partial charge in [-0.25, -0.2) is 0 Å². The Morgan fingerprint density at radius 2 is 2.33 bits per heavy atom. The third kappa shape index (κ3) is 0.680. The number of amides is 1. The topological polar surface area (TPSA) is 20.3 Å². The van der Waals surface area contributed by atoms with Crippen LogP contribution in [0.2, 0.25) is 0 Å². The molecular weight excluding hydrogens is 150 g/mol. The van der Waals surface area contributed by atoms with Crippen LogP contribution in [0, 0.1) is 11.8 Å². The summed E-state index contributed by atoms with van der Waals surface area (Å²) in [5, 5.41) is 0. The zero-order valence-corrected chi connectivity index (χ0v) is 7.07. The van der Waals surface area contributed by atoms with E-state index in [2.05, 4.69) is 17.1 Å². The zero-order valence-electron chi connectivity index (χ0n) is 7.07. The van der Waals surface area contributed by atoms with Gasteiger partial charge in [0, 0.05) is 12.6 Å². The van der Waals surface area contributed by atoms with Crippen LogP contribution in [0.25, 0.3) is 0 Å². The van der Waals surface area contributed by atoms with E-state index < -0.39 is 0 Å². The van der Waals surface area contributed by atoms with Gasteiger partial charge in [0.15, 0.2) is 0 Å². The van der Waals surface area contributed by atoms with Crippen LogP contribution >= 0.6 is 0 Å². The second-order valence-electron chi connectivity index (χ2n) is 4.13. The van der Waals surface area contributed by atoms with Crippen LogP contribution in [0.3, 0.4) is 0 Å². The van der Waals surface area contributed by atoms with Gasteiger partial charge in [-0.1, -0.05) is 12.2 Å². The molecule has 12 heavy (non-hydrogen) atoms. The van der Waals surface area contributed by atoms with E-state index in [9.17, 15) is 4.79 Å². The van der Waals surface area contributed by atoms with Crippen molar-refractivity contribution in [3.63, 3.8) is 0 Å². The lowest BCUT2D eigenvalue weighted by molar-refractivity contribution is -0.138. The van der Waals surface area contributed by atoms with E-state index in [1.165, 1.54) is 12.8 Å². The lowest BCUT2D eigenvalue weighted by Crippen LogP contribution is -2.45. The number of rotatable bonds is 0. The van der Waals surface area contributed by atoms with Crippen LogP contribution in [0.5, 0.6) is 0 Å². The molecule has 2 heterocycles. The summed E-state index contributed by atoms with van der Waals surface area (Å²) >= 11 is 0. The third-order valence-electron chi connectivity index (χ3n) is 3.51. The molecule has 1 amide bonds. The van der Waals surface area contributed by atoms with Crippen molar-refractivity contribution in [1.82, 2.24) is 4.90 Å². The van der Waals surface area contributed by atoms with Crippen LogP contribution in [0.1, 0.15) is 19.3 Å². The molecule has 2 saturated heterocycles. The predicted octanol–water partition coefficient (Wildman–Crippen LogP) is 1.18. The van der Waals surface area contributed by atoms with Crippen LogP contribution in [-0.2, 0) is 4.79 Å². The highest BCUT2D eigenvalue weighted by molar-refractivity contribution is 5.83. The van der Waals surface area contributed by atoms with E-state index in [4.69, 9.17) is 0 Å². The van der Waals surface area contributed by atoms with Gasteiger partial charge in [0.25, 0.3) is 0 Å². The van der Waals surface area contributed by atoms with Crippen molar-refractivity contribution < 1.29 is 4.79 Å². The van der Waals surface area contributed by atoms with E-state index in [1.54, 1.807) is 0 Å². The summed E-state index contributed by atoms with van der Waals surface area (Å²) in [6.07, 6.45) is 7.92. The first-order valence-electron chi connectivity index (χ1n) is 4.85. The first-order valence-corrected chi connectivity index (χ1v) is 4.85. The number of fused-ring (bicyclic) bond motifs is 4. The fraction of sp³-hybridized carbons (Fsp3) is 0.700. The smallest absolute Gasteiger partial charge is 0.229 e. The summed E-state index contributed by atoms with van der Waals surface area (Å²) in [6, 6.07) is 0.562. The van der Waals surface area contributed by atoms with Crippen molar-refractivity contribution in [2.45, 2.75) is 25.3 Å². The second-order valence-corrected chi connectivity index (χ2v) is 4.13. The molecule has 0 aromatic rings. The molecule has 2 bridgehead atoms. The van der Waals surface area contributed by atoms with Crippen LogP contribution in [0.4, 0.5) is 0 Å². The van der Waals surface area contributed by atoms with Gasteiger partial charge in [0.1, 0.15) is 0 Å². The third-order valence-corrected chi connectivity index (χ3v) is 3.51. The van der Waals surface area contributed by atoms with E-state index in [0.717, 1.165) is 13.0 Å². The molecule has 2 aliphatic heterocycles. The van der Waals surface area contributed by atoms with E-state index in [-0.39, 0.29) is 5.92 Å². The summed E-state index contributed by atoms with van der Waals surface area (Å²) in [7, 11) is 0. The van der Waals surface area contributed by atoms with Crippen molar-refractivity contribution in [3.05, 3.63) is 12.2 Å². The minimum Gasteiger partial charge on any atom is -0.339 e. The molecule has 2 fully saturated rings. The van der Waals surface area contributed by atoms with Crippen LogP contribution in [-0.4, -0.2) is 23.4 Å². The Morgan fingerprint density at radius 3 is 3.25 bits per heavy atom. The van der Waals surface area contributed by atoms with Crippen molar-refractivity contribution in [2.24, 2.45) is 11.8 Å². The van der Waals surface area contributed by atoms with E-state index in [1.807, 2.05) is 0 Å². The zero-order chi connectivity index (χ0) is 8.13. The number of carbonyl (C=O) groups excluding carboxylic acids is 1. The molecule has 2 heteroatoms. The number of nitrogens with zero attached hydrogens (tertiary/aromatic N) is 1. The average molecular weight is 163 g/mol. The molecule has 0 saturated carbocycles. The van der Waals surface area contributed by atoms with Crippen molar-refractivity contribution >= 4 is 5.91 Å². The Kier molecular flexibility index (Phi) is 1.18. The van der Waals surface area contributed by atoms with Gasteiger partial charge in [-0.2, -0.15) is 0 Å². The van der Waals surface area contributed by atoms with Gasteiger partial charge in [-0.15, -0.1) is 0 Å². The predicted molar refractivity (Wildman–Crippen MR) is 45.5 cm³/mol. The summed E-state index contributed by atoms with van der Waals surface area (Å²) in [6.45, 7) is 1.01. The molecule has 3 atom stereocenters. The minimum atomic E-state index is 0.240. The molecule has 0 aromatic carbocycles. The molecule has 1 aliphatic carbocycles. The van der Waals surface area contributed by atoms with Gasteiger partial charge in [-0.3, -0.25) is 4.79 Å². The number of piperidine rings is 1. The summed E-state index contributed by atoms with van der Waals surface area (Å²) < 4.78 is 0. The Balaban J connectivity index is 1.99. The SMILES string of the molecule is O=C1[C@H]2C=C[C@H](C2)[C@@H]2CCCN12. The van der Waals surface area contributed by atoms with Crippen molar-refractivity contribution in [1.29, 1.82) is 0 Å². The van der Waals surface area contributed by atoms with Crippen LogP contribution in [0.15, 0.2) is 12.2 Å². The summed E-state index contributed by atoms with van der Waals surface area (Å²) in [5.41, 5.74) is 0. The minimum absolute atomic E-state index is 0.240. The molecule has 64 valence electrons. The normalized spacial score (nSPS) is 43.8. The molecule has 3 aliphatic rings. The highest BCUT2D eigenvalue weighted by atomic mass is 16.2. The maximum atomic E-state index is 11.7. The van der Waals surface area contributed by atoms with Gasteiger partial charge in [-0.05, 0) is 25.2 Å². The molecule has 0 N–H and O–H groups in total. The highest BCUT2D eigenvalue weighted by Gasteiger charge is 2.44. The lowest BCUT2D eigenvalue weighted by Gasteiger charge is -2.34. The van der Waals surface area contributed by atoms with Crippen LogP contribution < -0.4 is 0 Å².